The molecule has 0 bridgehead atoms. The molecule has 0 aliphatic rings. The first kappa shape index (κ1) is 21.7. The number of hydrogen-bond donors (Lipinski definition) is 2. The third kappa shape index (κ3) is 7.17. The number of rotatable bonds is 9. The Morgan fingerprint density at radius 3 is 2.28 bits per heavy atom. The summed E-state index contributed by atoms with van der Waals surface area (Å²) in [5.74, 6) is -0.527. The molecule has 0 aromatic heterocycles. The highest BCUT2D eigenvalue weighted by Gasteiger charge is 2.15. The fourth-order valence-corrected chi connectivity index (χ4v) is 2.38. The second kappa shape index (κ2) is 11.3. The van der Waals surface area contributed by atoms with E-state index in [2.05, 4.69) is 10.6 Å². The molecule has 2 aromatic rings. The van der Waals surface area contributed by atoms with Crippen LogP contribution in [0.4, 0.5) is 4.79 Å². The van der Waals surface area contributed by atoms with Crippen LogP contribution in [0.3, 0.4) is 0 Å². The number of carbonyl (C=O) groups excluding carboxylic acids is 3. The number of nitrogens with one attached hydrogen (secondary N) is 2. The Morgan fingerprint density at radius 2 is 1.59 bits per heavy atom. The van der Waals surface area contributed by atoms with E-state index < -0.39 is 24.5 Å². The van der Waals surface area contributed by atoms with Gasteiger partial charge in [-0.15, -0.1) is 0 Å². The Kier molecular flexibility index (Phi) is 8.50. The lowest BCUT2D eigenvalue weighted by Crippen LogP contribution is -2.41. The lowest BCUT2D eigenvalue weighted by molar-refractivity contribution is -0.123. The maximum absolute atomic E-state index is 12.2. The topological polar surface area (TPSA) is 103 Å². The summed E-state index contributed by atoms with van der Waals surface area (Å²) in [6, 6.07) is 13.2. The minimum absolute atomic E-state index is 0.207. The highest BCUT2D eigenvalue weighted by molar-refractivity contribution is 5.97. The summed E-state index contributed by atoms with van der Waals surface area (Å²) in [4.78, 5) is 35.7. The second-order valence-electron chi connectivity index (χ2n) is 5.82. The highest BCUT2D eigenvalue weighted by atomic mass is 16.5. The molecule has 29 heavy (non-hydrogen) atoms. The molecular weight excluding hydrogens is 376 g/mol. The third-order valence-electron chi connectivity index (χ3n) is 3.66. The van der Waals surface area contributed by atoms with Crippen LogP contribution in [0, 0.1) is 0 Å². The van der Waals surface area contributed by atoms with Crippen LogP contribution in [0.15, 0.2) is 48.5 Å². The molecule has 0 spiro atoms. The molecule has 2 rings (SSSR count). The molecule has 0 unspecified atom stereocenters. The van der Waals surface area contributed by atoms with Crippen LogP contribution in [0.25, 0.3) is 0 Å². The van der Waals surface area contributed by atoms with Crippen molar-refractivity contribution in [3.05, 3.63) is 59.7 Å². The first-order valence-corrected chi connectivity index (χ1v) is 9.21. The van der Waals surface area contributed by atoms with Crippen LogP contribution in [0.5, 0.6) is 11.5 Å². The first-order valence-electron chi connectivity index (χ1n) is 9.21. The maximum Gasteiger partial charge on any atom is 0.338 e. The summed E-state index contributed by atoms with van der Waals surface area (Å²) in [6.07, 6.45) is 0. The zero-order valence-electron chi connectivity index (χ0n) is 16.4. The molecule has 8 nitrogen and oxygen atoms in total. The number of urea groups is 1. The quantitative estimate of drug-likeness (QED) is 0.628. The molecule has 0 heterocycles. The summed E-state index contributed by atoms with van der Waals surface area (Å²) in [7, 11) is 0. The Balaban J connectivity index is 1.82. The van der Waals surface area contributed by atoms with Crippen molar-refractivity contribution in [3.63, 3.8) is 0 Å². The van der Waals surface area contributed by atoms with Crippen LogP contribution < -0.4 is 20.1 Å². The highest BCUT2D eigenvalue weighted by Crippen LogP contribution is 2.28. The van der Waals surface area contributed by atoms with Crippen molar-refractivity contribution in [1.29, 1.82) is 0 Å². The van der Waals surface area contributed by atoms with E-state index in [1.807, 2.05) is 44.2 Å². The third-order valence-corrected chi connectivity index (χ3v) is 3.66. The van der Waals surface area contributed by atoms with Gasteiger partial charge in [-0.2, -0.15) is 0 Å². The number of imide groups is 1. The van der Waals surface area contributed by atoms with Gasteiger partial charge in [-0.05, 0) is 37.6 Å². The van der Waals surface area contributed by atoms with Gasteiger partial charge in [-0.25, -0.2) is 9.59 Å². The van der Waals surface area contributed by atoms with Crippen LogP contribution in [-0.4, -0.2) is 37.7 Å². The second-order valence-corrected chi connectivity index (χ2v) is 5.82. The molecule has 2 aromatic carbocycles. The number of hydrogen-bond acceptors (Lipinski definition) is 6. The zero-order valence-corrected chi connectivity index (χ0v) is 16.4. The lowest BCUT2D eigenvalue weighted by atomic mass is 10.2. The Hall–Kier alpha value is -3.55. The van der Waals surface area contributed by atoms with E-state index in [1.54, 1.807) is 6.07 Å². The van der Waals surface area contributed by atoms with Crippen molar-refractivity contribution in [2.45, 2.75) is 20.4 Å². The van der Waals surface area contributed by atoms with E-state index in [9.17, 15) is 14.4 Å². The lowest BCUT2D eigenvalue weighted by Gasteiger charge is -2.12. The van der Waals surface area contributed by atoms with Crippen molar-refractivity contribution >= 4 is 17.9 Å². The average molecular weight is 400 g/mol. The van der Waals surface area contributed by atoms with Crippen molar-refractivity contribution in [3.8, 4) is 11.5 Å². The number of amides is 3. The number of carbonyl (C=O) groups is 3. The smallest absolute Gasteiger partial charge is 0.338 e. The fraction of sp³-hybridized carbons (Fsp3) is 0.286. The zero-order chi connectivity index (χ0) is 21.1. The van der Waals surface area contributed by atoms with E-state index in [1.165, 1.54) is 12.1 Å². The van der Waals surface area contributed by atoms with E-state index in [0.29, 0.717) is 24.7 Å². The SMILES string of the molecule is CCOc1ccc(C(=O)OCC(=O)NC(=O)NCc2ccccc2)cc1OCC. The Labute approximate surface area is 169 Å². The van der Waals surface area contributed by atoms with Crippen molar-refractivity contribution in [2.75, 3.05) is 19.8 Å². The average Bonchev–Trinajstić information content (AvgIpc) is 2.73. The van der Waals surface area contributed by atoms with E-state index >= 15 is 0 Å². The normalized spacial score (nSPS) is 10.0. The van der Waals surface area contributed by atoms with Gasteiger partial charge in [0.15, 0.2) is 18.1 Å². The number of ether oxygens (including phenoxy) is 3. The van der Waals surface area contributed by atoms with Gasteiger partial charge in [0.25, 0.3) is 5.91 Å². The molecule has 2 N–H and O–H groups in total. The molecule has 0 aliphatic carbocycles. The van der Waals surface area contributed by atoms with Gasteiger partial charge in [-0.3, -0.25) is 10.1 Å². The van der Waals surface area contributed by atoms with Crippen molar-refractivity contribution in [2.24, 2.45) is 0 Å². The van der Waals surface area contributed by atoms with Gasteiger partial charge in [-0.1, -0.05) is 30.3 Å². The van der Waals surface area contributed by atoms with Crippen molar-refractivity contribution < 1.29 is 28.6 Å². The molecule has 0 atom stereocenters. The molecule has 0 saturated heterocycles. The van der Waals surface area contributed by atoms with Gasteiger partial charge in [0.2, 0.25) is 0 Å². The molecule has 0 radical (unpaired) electrons. The summed E-state index contributed by atoms with van der Waals surface area (Å²) in [6.45, 7) is 4.19. The Morgan fingerprint density at radius 1 is 0.897 bits per heavy atom. The molecule has 154 valence electrons. The van der Waals surface area contributed by atoms with E-state index in [4.69, 9.17) is 14.2 Å². The Bertz CT molecular complexity index is 838. The van der Waals surface area contributed by atoms with Crippen LogP contribution in [0.2, 0.25) is 0 Å². The van der Waals surface area contributed by atoms with E-state index in [-0.39, 0.29) is 12.1 Å². The largest absolute Gasteiger partial charge is 0.490 e. The molecule has 0 aliphatic heterocycles. The molecule has 0 fully saturated rings. The summed E-state index contributed by atoms with van der Waals surface area (Å²) in [5.41, 5.74) is 1.10. The van der Waals surface area contributed by atoms with Crippen LogP contribution in [0.1, 0.15) is 29.8 Å². The summed E-state index contributed by atoms with van der Waals surface area (Å²) in [5, 5.41) is 4.65. The van der Waals surface area contributed by atoms with Crippen molar-refractivity contribution in [1.82, 2.24) is 10.6 Å². The fourth-order valence-electron chi connectivity index (χ4n) is 2.38. The number of esters is 1. The van der Waals surface area contributed by atoms with Gasteiger partial charge in [0, 0.05) is 6.54 Å². The first-order chi connectivity index (χ1) is 14.0. The molecular formula is C21H24N2O6. The number of benzene rings is 2. The minimum atomic E-state index is -0.736. The summed E-state index contributed by atoms with van der Waals surface area (Å²) >= 11 is 0. The summed E-state index contributed by atoms with van der Waals surface area (Å²) < 4.78 is 15.9. The molecule has 8 heteroatoms. The maximum atomic E-state index is 12.2. The van der Waals surface area contributed by atoms with Gasteiger partial charge in [0.05, 0.1) is 18.8 Å². The molecule has 3 amide bonds. The van der Waals surface area contributed by atoms with Gasteiger partial charge >= 0.3 is 12.0 Å². The van der Waals surface area contributed by atoms with E-state index in [0.717, 1.165) is 5.56 Å². The van der Waals surface area contributed by atoms with Crippen LogP contribution >= 0.6 is 0 Å². The minimum Gasteiger partial charge on any atom is -0.490 e. The van der Waals surface area contributed by atoms with Gasteiger partial charge < -0.3 is 19.5 Å². The monoisotopic (exact) mass is 400 g/mol. The predicted molar refractivity (Wildman–Crippen MR) is 106 cm³/mol. The molecule has 0 saturated carbocycles. The standard InChI is InChI=1S/C21H24N2O6/c1-3-27-17-11-10-16(12-18(17)28-4-2)20(25)29-14-19(24)23-21(26)22-13-15-8-6-5-7-9-15/h5-12H,3-4,13-14H2,1-2H3,(H2,22,23,24,26). The van der Waals surface area contributed by atoms with Crippen LogP contribution in [-0.2, 0) is 16.1 Å². The van der Waals surface area contributed by atoms with Gasteiger partial charge in [0.1, 0.15) is 0 Å². The predicted octanol–water partition coefficient (Wildman–Crippen LogP) is 2.67.